The van der Waals surface area contributed by atoms with Crippen LogP contribution in [-0.4, -0.2) is 50.5 Å². The van der Waals surface area contributed by atoms with Crippen LogP contribution in [0.2, 0.25) is 0 Å². The van der Waals surface area contributed by atoms with Crippen LogP contribution in [-0.2, 0) is 9.47 Å². The van der Waals surface area contributed by atoms with Crippen molar-refractivity contribution in [1.29, 1.82) is 0 Å². The van der Waals surface area contributed by atoms with Gasteiger partial charge in [0.25, 0.3) is 0 Å². The Morgan fingerprint density at radius 2 is 2.17 bits per heavy atom. The van der Waals surface area contributed by atoms with E-state index in [-0.39, 0.29) is 11.7 Å². The maximum absolute atomic E-state index is 5.64. The lowest BCUT2D eigenvalue weighted by Crippen LogP contribution is -2.51. The van der Waals surface area contributed by atoms with Crippen LogP contribution in [0.15, 0.2) is 0 Å². The van der Waals surface area contributed by atoms with Crippen molar-refractivity contribution in [3.63, 3.8) is 0 Å². The zero-order valence-corrected chi connectivity index (χ0v) is 8.46. The maximum Gasteiger partial charge on any atom is 0.0986 e. The van der Waals surface area contributed by atoms with Crippen LogP contribution in [0.25, 0.3) is 0 Å². The van der Waals surface area contributed by atoms with Crippen LogP contribution in [0, 0.1) is 0 Å². The Hall–Kier alpha value is -0.120. The first-order valence-electron chi connectivity index (χ1n) is 4.41. The Balaban J connectivity index is 2.50. The topological polar surface area (TPSA) is 21.7 Å². The van der Waals surface area contributed by atoms with Crippen molar-refractivity contribution < 1.29 is 9.47 Å². The molecule has 0 aromatic heterocycles. The van der Waals surface area contributed by atoms with Gasteiger partial charge in [0.1, 0.15) is 0 Å². The molecule has 1 unspecified atom stereocenters. The number of nitrogens with zero attached hydrogens (tertiary/aromatic N) is 1. The molecule has 0 aromatic rings. The van der Waals surface area contributed by atoms with E-state index < -0.39 is 0 Å². The van der Waals surface area contributed by atoms with E-state index in [4.69, 9.17) is 9.47 Å². The first kappa shape index (κ1) is 9.96. The second-order valence-corrected chi connectivity index (χ2v) is 3.93. The van der Waals surface area contributed by atoms with E-state index in [1.807, 2.05) is 0 Å². The summed E-state index contributed by atoms with van der Waals surface area (Å²) < 4.78 is 11.0. The molecule has 3 nitrogen and oxygen atoms in total. The number of hydrogen-bond donors (Lipinski definition) is 0. The van der Waals surface area contributed by atoms with E-state index in [9.17, 15) is 0 Å². The molecule has 0 bridgehead atoms. The number of rotatable bonds is 2. The smallest absolute Gasteiger partial charge is 0.0986 e. The first-order chi connectivity index (χ1) is 5.56. The Labute approximate surface area is 74.6 Å². The molecular weight excluding hydrogens is 154 g/mol. The second-order valence-electron chi connectivity index (χ2n) is 3.93. The molecule has 12 heavy (non-hydrogen) atoms. The van der Waals surface area contributed by atoms with Gasteiger partial charge in [-0.1, -0.05) is 0 Å². The van der Waals surface area contributed by atoms with E-state index in [1.54, 1.807) is 7.11 Å². The average Bonchev–Trinajstić information content (AvgIpc) is 2.05. The predicted octanol–water partition coefficient (Wildman–Crippen LogP) is 0.742. The van der Waals surface area contributed by atoms with E-state index in [0.29, 0.717) is 0 Å². The fourth-order valence-corrected chi connectivity index (χ4v) is 1.33. The Morgan fingerprint density at radius 1 is 1.50 bits per heavy atom. The first-order valence-corrected chi connectivity index (χ1v) is 4.41. The summed E-state index contributed by atoms with van der Waals surface area (Å²) in [7, 11) is 3.85. The molecule has 1 rings (SSSR count). The van der Waals surface area contributed by atoms with Gasteiger partial charge in [0, 0.05) is 20.2 Å². The Kier molecular flexibility index (Phi) is 3.09. The van der Waals surface area contributed by atoms with Gasteiger partial charge in [-0.05, 0) is 20.9 Å². The van der Waals surface area contributed by atoms with Crippen molar-refractivity contribution in [2.45, 2.75) is 25.6 Å². The van der Waals surface area contributed by atoms with Crippen molar-refractivity contribution in [2.24, 2.45) is 0 Å². The van der Waals surface area contributed by atoms with E-state index in [0.717, 1.165) is 19.7 Å². The van der Waals surface area contributed by atoms with E-state index >= 15 is 0 Å². The second kappa shape index (κ2) is 3.73. The summed E-state index contributed by atoms with van der Waals surface area (Å²) in [4.78, 5) is 2.27. The minimum absolute atomic E-state index is 0.172. The largest absolute Gasteiger partial charge is 0.376 e. The van der Waals surface area contributed by atoms with Gasteiger partial charge in [-0.25, -0.2) is 0 Å². The van der Waals surface area contributed by atoms with Gasteiger partial charge in [-0.3, -0.25) is 0 Å². The molecular formula is C9H19NO2. The van der Waals surface area contributed by atoms with Crippen molar-refractivity contribution >= 4 is 0 Å². The highest BCUT2D eigenvalue weighted by Gasteiger charge is 2.33. The van der Waals surface area contributed by atoms with Gasteiger partial charge in [0.2, 0.25) is 0 Å². The summed E-state index contributed by atoms with van der Waals surface area (Å²) in [5.41, 5.74) is -0.172. The van der Waals surface area contributed by atoms with E-state index in [1.165, 1.54) is 0 Å². The monoisotopic (exact) mass is 173 g/mol. The highest BCUT2D eigenvalue weighted by atomic mass is 16.5. The van der Waals surface area contributed by atoms with Crippen LogP contribution in [0.1, 0.15) is 13.8 Å². The molecule has 1 fully saturated rings. The van der Waals surface area contributed by atoms with E-state index in [2.05, 4.69) is 25.8 Å². The summed E-state index contributed by atoms with van der Waals surface area (Å²) in [5.74, 6) is 0. The lowest BCUT2D eigenvalue weighted by atomic mass is 10.00. The molecule has 0 N–H and O–H groups in total. The van der Waals surface area contributed by atoms with Gasteiger partial charge in [0.05, 0.1) is 18.3 Å². The lowest BCUT2D eigenvalue weighted by Gasteiger charge is -2.39. The van der Waals surface area contributed by atoms with Gasteiger partial charge in [-0.15, -0.1) is 0 Å². The number of ether oxygens (including phenoxy) is 2. The molecule has 0 radical (unpaired) electrons. The number of methoxy groups -OCH3 is 1. The number of likely N-dealkylation sites (N-methyl/N-ethyl adjacent to an activating group) is 1. The number of morpholine rings is 1. The fourth-order valence-electron chi connectivity index (χ4n) is 1.33. The zero-order valence-electron chi connectivity index (χ0n) is 8.46. The quantitative estimate of drug-likeness (QED) is 0.615. The minimum Gasteiger partial charge on any atom is -0.376 e. The third-order valence-corrected chi connectivity index (χ3v) is 2.57. The van der Waals surface area contributed by atoms with Gasteiger partial charge < -0.3 is 14.4 Å². The van der Waals surface area contributed by atoms with Crippen molar-refractivity contribution in [2.75, 3.05) is 33.9 Å². The summed E-state index contributed by atoms with van der Waals surface area (Å²) >= 11 is 0. The lowest BCUT2D eigenvalue weighted by molar-refractivity contribution is -0.138. The molecule has 72 valence electrons. The normalized spacial score (nSPS) is 27.5. The molecule has 0 aliphatic carbocycles. The van der Waals surface area contributed by atoms with Crippen LogP contribution in [0.4, 0.5) is 0 Å². The van der Waals surface area contributed by atoms with Crippen molar-refractivity contribution in [3.8, 4) is 0 Å². The van der Waals surface area contributed by atoms with Gasteiger partial charge in [0.15, 0.2) is 0 Å². The standard InChI is InChI=1S/C9H19NO2/c1-9(2,11-4)8-7-10(3)5-6-12-8/h8H,5-7H2,1-4H3. The molecule has 3 heteroatoms. The summed E-state index contributed by atoms with van der Waals surface area (Å²) in [5, 5.41) is 0. The Morgan fingerprint density at radius 3 is 2.67 bits per heavy atom. The summed E-state index contributed by atoms with van der Waals surface area (Å²) in [6.07, 6.45) is 0.196. The van der Waals surface area contributed by atoms with Crippen molar-refractivity contribution in [1.82, 2.24) is 4.90 Å². The molecule has 0 saturated carbocycles. The average molecular weight is 173 g/mol. The molecule has 1 saturated heterocycles. The van der Waals surface area contributed by atoms with Crippen LogP contribution in [0.5, 0.6) is 0 Å². The highest BCUT2D eigenvalue weighted by molar-refractivity contribution is 4.84. The summed E-state index contributed by atoms with van der Waals surface area (Å²) in [6.45, 7) is 6.93. The van der Waals surface area contributed by atoms with Crippen molar-refractivity contribution in [3.05, 3.63) is 0 Å². The van der Waals surface area contributed by atoms with Gasteiger partial charge in [-0.2, -0.15) is 0 Å². The molecule has 0 amide bonds. The minimum atomic E-state index is -0.172. The molecule has 1 aliphatic rings. The third kappa shape index (κ3) is 2.19. The zero-order chi connectivity index (χ0) is 9.19. The molecule has 1 atom stereocenters. The van der Waals surface area contributed by atoms with Crippen LogP contribution < -0.4 is 0 Å². The Bertz CT molecular complexity index is 147. The number of hydrogen-bond acceptors (Lipinski definition) is 3. The molecule has 0 aromatic carbocycles. The third-order valence-electron chi connectivity index (χ3n) is 2.57. The molecule has 1 aliphatic heterocycles. The van der Waals surface area contributed by atoms with Gasteiger partial charge >= 0.3 is 0 Å². The predicted molar refractivity (Wildman–Crippen MR) is 48.3 cm³/mol. The maximum atomic E-state index is 5.64. The molecule has 1 heterocycles. The summed E-state index contributed by atoms with van der Waals surface area (Å²) in [6, 6.07) is 0. The SMILES string of the molecule is COC(C)(C)C1CN(C)CCO1. The fraction of sp³-hybridized carbons (Fsp3) is 1.00. The van der Waals surface area contributed by atoms with Crippen LogP contribution in [0.3, 0.4) is 0 Å². The highest BCUT2D eigenvalue weighted by Crippen LogP contribution is 2.19. The molecule has 0 spiro atoms. The van der Waals surface area contributed by atoms with Crippen LogP contribution >= 0.6 is 0 Å².